The van der Waals surface area contributed by atoms with E-state index in [0.29, 0.717) is 24.9 Å². The SMILES string of the molecule is O=C1CCCN1[C@H](c1ccccc1)[C@@H](OCCCC(F)(F)F)c1ccc(F)cc1. The molecule has 1 fully saturated rings. The van der Waals surface area contributed by atoms with Crippen LogP contribution in [0.1, 0.15) is 49.0 Å². The highest BCUT2D eigenvalue weighted by molar-refractivity contribution is 5.78. The van der Waals surface area contributed by atoms with Gasteiger partial charge in [0.1, 0.15) is 11.9 Å². The third-order valence-electron chi connectivity index (χ3n) is 4.97. The lowest BCUT2D eigenvalue weighted by molar-refractivity contribution is -0.141. The molecule has 3 nitrogen and oxygen atoms in total. The summed E-state index contributed by atoms with van der Waals surface area (Å²) in [5, 5.41) is 0. The molecule has 1 amide bonds. The summed E-state index contributed by atoms with van der Waals surface area (Å²) in [5.41, 5.74) is 1.44. The first-order valence-electron chi connectivity index (χ1n) is 9.63. The number of carbonyl (C=O) groups excluding carboxylic acids is 1. The average Bonchev–Trinajstić information content (AvgIpc) is 3.10. The minimum atomic E-state index is -4.25. The molecule has 7 heteroatoms. The van der Waals surface area contributed by atoms with E-state index in [1.54, 1.807) is 17.0 Å². The zero-order chi connectivity index (χ0) is 20.9. The van der Waals surface area contributed by atoms with E-state index in [-0.39, 0.29) is 18.9 Å². The summed E-state index contributed by atoms with van der Waals surface area (Å²) in [5.74, 6) is -0.442. The molecule has 0 unspecified atom stereocenters. The molecule has 0 bridgehead atoms. The van der Waals surface area contributed by atoms with Crippen molar-refractivity contribution >= 4 is 5.91 Å². The van der Waals surface area contributed by atoms with Gasteiger partial charge in [0.15, 0.2) is 0 Å². The lowest BCUT2D eigenvalue weighted by Crippen LogP contribution is -2.35. The Morgan fingerprint density at radius 2 is 1.69 bits per heavy atom. The highest BCUT2D eigenvalue weighted by atomic mass is 19.4. The van der Waals surface area contributed by atoms with E-state index in [4.69, 9.17) is 4.74 Å². The second-order valence-corrected chi connectivity index (χ2v) is 7.11. The van der Waals surface area contributed by atoms with Gasteiger partial charge < -0.3 is 9.64 Å². The van der Waals surface area contributed by atoms with E-state index in [1.807, 2.05) is 30.3 Å². The summed E-state index contributed by atoms with van der Waals surface area (Å²) in [7, 11) is 0. The Labute approximate surface area is 167 Å². The van der Waals surface area contributed by atoms with Crippen molar-refractivity contribution in [1.82, 2.24) is 4.90 Å². The van der Waals surface area contributed by atoms with Gasteiger partial charge in [-0.25, -0.2) is 4.39 Å². The van der Waals surface area contributed by atoms with Crippen molar-refractivity contribution in [3.05, 3.63) is 71.5 Å². The van der Waals surface area contributed by atoms with Crippen LogP contribution in [0.4, 0.5) is 17.6 Å². The molecule has 0 aliphatic carbocycles. The molecule has 2 aromatic carbocycles. The fourth-order valence-electron chi connectivity index (χ4n) is 3.64. The molecule has 0 aromatic heterocycles. The van der Waals surface area contributed by atoms with Gasteiger partial charge in [0, 0.05) is 26.0 Å². The number of benzene rings is 2. The normalized spacial score (nSPS) is 16.8. The minimum absolute atomic E-state index is 0.0233. The zero-order valence-corrected chi connectivity index (χ0v) is 15.9. The predicted octanol–water partition coefficient (Wildman–Crippen LogP) is 5.59. The molecule has 29 heavy (non-hydrogen) atoms. The molecule has 0 N–H and O–H groups in total. The van der Waals surface area contributed by atoms with Crippen LogP contribution < -0.4 is 0 Å². The van der Waals surface area contributed by atoms with E-state index in [1.165, 1.54) is 12.1 Å². The smallest absolute Gasteiger partial charge is 0.371 e. The largest absolute Gasteiger partial charge is 0.389 e. The third-order valence-corrected chi connectivity index (χ3v) is 4.97. The minimum Gasteiger partial charge on any atom is -0.371 e. The molecule has 2 aromatic rings. The summed E-state index contributed by atoms with van der Waals surface area (Å²) in [6.45, 7) is 0.426. The maximum atomic E-state index is 13.4. The lowest BCUT2D eigenvalue weighted by Gasteiger charge is -2.35. The van der Waals surface area contributed by atoms with Gasteiger partial charge in [-0.2, -0.15) is 13.2 Å². The van der Waals surface area contributed by atoms with Gasteiger partial charge in [0.25, 0.3) is 0 Å². The van der Waals surface area contributed by atoms with Gasteiger partial charge >= 0.3 is 6.18 Å². The standard InChI is InChI=1S/C22H23F4NO2/c23-18-11-9-17(10-12-18)21(29-15-5-13-22(24,25)26)20(16-6-2-1-3-7-16)27-14-4-8-19(27)28/h1-3,6-7,9-12,20-21H,4-5,8,13-15H2/t20-,21+/m1/s1. The van der Waals surface area contributed by atoms with E-state index >= 15 is 0 Å². The first-order chi connectivity index (χ1) is 13.8. The predicted molar refractivity (Wildman–Crippen MR) is 101 cm³/mol. The maximum Gasteiger partial charge on any atom is 0.389 e. The van der Waals surface area contributed by atoms with E-state index in [2.05, 4.69) is 0 Å². The summed E-state index contributed by atoms with van der Waals surface area (Å²) in [6, 6.07) is 14.5. The first-order valence-corrected chi connectivity index (χ1v) is 9.63. The van der Waals surface area contributed by atoms with Crippen molar-refractivity contribution in [3.8, 4) is 0 Å². The molecule has 2 atom stereocenters. The quantitative estimate of drug-likeness (QED) is 0.420. The number of amides is 1. The molecule has 1 aliphatic rings. The van der Waals surface area contributed by atoms with E-state index in [9.17, 15) is 22.4 Å². The summed E-state index contributed by atoms with van der Waals surface area (Å²) in [4.78, 5) is 14.2. The molecule has 1 heterocycles. The molecule has 1 aliphatic heterocycles. The Kier molecular flexibility index (Phi) is 6.90. The molecule has 156 valence electrons. The number of halogens is 4. The number of hydrogen-bond acceptors (Lipinski definition) is 2. The number of likely N-dealkylation sites (tertiary alicyclic amines) is 1. The Morgan fingerprint density at radius 3 is 2.28 bits per heavy atom. The number of carbonyl (C=O) groups is 1. The Hall–Kier alpha value is -2.41. The Balaban J connectivity index is 1.91. The fraction of sp³-hybridized carbons (Fsp3) is 0.409. The van der Waals surface area contributed by atoms with Crippen LogP contribution >= 0.6 is 0 Å². The lowest BCUT2D eigenvalue weighted by atomic mass is 9.94. The maximum absolute atomic E-state index is 13.4. The molecule has 1 saturated heterocycles. The van der Waals surface area contributed by atoms with Gasteiger partial charge in [0.2, 0.25) is 5.91 Å². The van der Waals surface area contributed by atoms with Gasteiger partial charge in [-0.3, -0.25) is 4.79 Å². The van der Waals surface area contributed by atoms with E-state index in [0.717, 1.165) is 5.56 Å². The van der Waals surface area contributed by atoms with Crippen LogP contribution in [0.3, 0.4) is 0 Å². The second-order valence-electron chi connectivity index (χ2n) is 7.11. The second kappa shape index (κ2) is 9.39. The summed E-state index contributed by atoms with van der Waals surface area (Å²) >= 11 is 0. The van der Waals surface area contributed by atoms with Gasteiger partial charge in [-0.05, 0) is 36.1 Å². The van der Waals surface area contributed by atoms with Gasteiger partial charge in [-0.1, -0.05) is 42.5 Å². The van der Waals surface area contributed by atoms with Crippen molar-refractivity contribution in [2.45, 2.75) is 44.0 Å². The van der Waals surface area contributed by atoms with Gasteiger partial charge in [0.05, 0.1) is 6.04 Å². The highest BCUT2D eigenvalue weighted by Crippen LogP contribution is 2.39. The molecule has 3 rings (SSSR count). The Morgan fingerprint density at radius 1 is 1.00 bits per heavy atom. The molecule has 0 radical (unpaired) electrons. The van der Waals surface area contributed by atoms with Crippen LogP contribution in [-0.2, 0) is 9.53 Å². The zero-order valence-electron chi connectivity index (χ0n) is 15.9. The van der Waals surface area contributed by atoms with Crippen LogP contribution in [0.25, 0.3) is 0 Å². The number of nitrogens with zero attached hydrogens (tertiary/aromatic N) is 1. The number of hydrogen-bond donors (Lipinski definition) is 0. The van der Waals surface area contributed by atoms with Crippen molar-refractivity contribution < 1.29 is 27.1 Å². The van der Waals surface area contributed by atoms with Crippen molar-refractivity contribution in [2.75, 3.05) is 13.2 Å². The first kappa shape index (κ1) is 21.3. The number of rotatable bonds is 8. The Bertz CT molecular complexity index is 793. The van der Waals surface area contributed by atoms with Crippen LogP contribution in [0.15, 0.2) is 54.6 Å². The highest BCUT2D eigenvalue weighted by Gasteiger charge is 2.36. The van der Waals surface area contributed by atoms with Crippen molar-refractivity contribution in [1.29, 1.82) is 0 Å². The summed E-state index contributed by atoms with van der Waals surface area (Å²) < 4.78 is 56.9. The molecular formula is C22H23F4NO2. The average molecular weight is 409 g/mol. The summed E-state index contributed by atoms with van der Waals surface area (Å²) in [6.07, 6.45) is -4.94. The van der Waals surface area contributed by atoms with E-state index < -0.39 is 30.6 Å². The topological polar surface area (TPSA) is 29.5 Å². The fourth-order valence-corrected chi connectivity index (χ4v) is 3.64. The van der Waals surface area contributed by atoms with Crippen LogP contribution in [0, 0.1) is 5.82 Å². The third kappa shape index (κ3) is 5.79. The molecule has 0 spiro atoms. The van der Waals surface area contributed by atoms with Crippen molar-refractivity contribution in [2.24, 2.45) is 0 Å². The van der Waals surface area contributed by atoms with Crippen molar-refractivity contribution in [3.63, 3.8) is 0 Å². The molecular weight excluding hydrogens is 386 g/mol. The monoisotopic (exact) mass is 409 g/mol. The number of alkyl halides is 3. The number of ether oxygens (including phenoxy) is 1. The van der Waals surface area contributed by atoms with Gasteiger partial charge in [-0.15, -0.1) is 0 Å². The van der Waals surface area contributed by atoms with Crippen LogP contribution in [-0.4, -0.2) is 30.1 Å². The molecule has 0 saturated carbocycles. The van der Waals surface area contributed by atoms with Crippen LogP contribution in [0.5, 0.6) is 0 Å². The van der Waals surface area contributed by atoms with Crippen LogP contribution in [0.2, 0.25) is 0 Å².